The molecule has 3 amide bonds. The van der Waals surface area contributed by atoms with Crippen LogP contribution in [0.25, 0.3) is 0 Å². The van der Waals surface area contributed by atoms with Crippen molar-refractivity contribution in [2.45, 2.75) is 25.9 Å². The Hall–Kier alpha value is -4.86. The average Bonchev–Trinajstić information content (AvgIpc) is 3.50. The minimum atomic E-state index is -1.03. The van der Waals surface area contributed by atoms with Crippen LogP contribution in [0, 0.1) is 0 Å². The van der Waals surface area contributed by atoms with E-state index in [4.69, 9.17) is 18.9 Å². The first-order valence-electron chi connectivity index (χ1n) is 11.8. The average molecular weight is 517 g/mol. The zero-order chi connectivity index (χ0) is 26.8. The zero-order valence-corrected chi connectivity index (χ0v) is 20.7. The molecule has 10 nitrogen and oxygen atoms in total. The van der Waals surface area contributed by atoms with Gasteiger partial charge in [0.25, 0.3) is 11.8 Å². The summed E-state index contributed by atoms with van der Waals surface area (Å²) in [4.78, 5) is 54.0. The molecule has 1 fully saturated rings. The minimum Gasteiger partial charge on any atom is -0.497 e. The highest BCUT2D eigenvalue weighted by Gasteiger charge is 2.44. The van der Waals surface area contributed by atoms with E-state index in [0.717, 1.165) is 4.90 Å². The van der Waals surface area contributed by atoms with Gasteiger partial charge in [-0.05, 0) is 66.2 Å². The summed E-state index contributed by atoms with van der Waals surface area (Å²) in [6.07, 6.45) is -0.184. The molecule has 1 atom stereocenters. The first-order chi connectivity index (χ1) is 18.3. The fraction of sp³-hybridized carbons (Fsp3) is 0.214. The lowest BCUT2D eigenvalue weighted by Gasteiger charge is -2.28. The molecular weight excluding hydrogens is 492 g/mol. The van der Waals surface area contributed by atoms with Gasteiger partial charge in [0, 0.05) is 19.0 Å². The van der Waals surface area contributed by atoms with E-state index in [1.165, 1.54) is 43.2 Å². The second kappa shape index (κ2) is 10.3. The van der Waals surface area contributed by atoms with Gasteiger partial charge in [0.1, 0.15) is 17.5 Å². The number of benzene rings is 3. The van der Waals surface area contributed by atoms with Gasteiger partial charge in [-0.2, -0.15) is 0 Å². The highest BCUT2D eigenvalue weighted by atomic mass is 16.7. The number of imide groups is 1. The highest BCUT2D eigenvalue weighted by molar-refractivity contribution is 6.23. The molecule has 1 unspecified atom stereocenters. The maximum atomic E-state index is 13.7. The van der Waals surface area contributed by atoms with E-state index < -0.39 is 29.7 Å². The first kappa shape index (κ1) is 24.8. The number of hydrogen-bond acceptors (Lipinski definition) is 8. The summed E-state index contributed by atoms with van der Waals surface area (Å²) in [6.45, 7) is 1.44. The van der Waals surface area contributed by atoms with Crippen LogP contribution < -0.4 is 23.8 Å². The number of ether oxygens (including phenoxy) is 4. The van der Waals surface area contributed by atoms with E-state index in [0.29, 0.717) is 34.1 Å². The monoisotopic (exact) mass is 516 g/mol. The molecule has 0 aromatic heterocycles. The SMILES string of the molecule is COc1ccc(C(=O)N(Cc2ccc3c(c2)OCO3)C2CC(=O)N(c3ccc(OC(C)=O)cc3)C2=O)cc1. The van der Waals surface area contributed by atoms with Crippen molar-refractivity contribution in [3.05, 3.63) is 77.9 Å². The number of amides is 3. The third kappa shape index (κ3) is 4.88. The normalized spacial score (nSPS) is 15.9. The van der Waals surface area contributed by atoms with Crippen LogP contribution in [0.15, 0.2) is 66.7 Å². The Balaban J connectivity index is 1.45. The maximum absolute atomic E-state index is 13.7. The minimum absolute atomic E-state index is 0.0599. The Morgan fingerprint density at radius 2 is 1.63 bits per heavy atom. The van der Waals surface area contributed by atoms with Crippen molar-refractivity contribution >= 4 is 29.4 Å². The molecule has 38 heavy (non-hydrogen) atoms. The van der Waals surface area contributed by atoms with Gasteiger partial charge in [-0.25, -0.2) is 4.90 Å². The molecule has 10 heteroatoms. The third-order valence-electron chi connectivity index (χ3n) is 6.24. The number of nitrogens with zero attached hydrogens (tertiary/aromatic N) is 2. The van der Waals surface area contributed by atoms with Crippen LogP contribution in [0.3, 0.4) is 0 Å². The largest absolute Gasteiger partial charge is 0.497 e. The number of carbonyl (C=O) groups is 4. The molecule has 5 rings (SSSR count). The fourth-order valence-corrected chi connectivity index (χ4v) is 4.42. The van der Waals surface area contributed by atoms with Crippen molar-refractivity contribution in [2.24, 2.45) is 0 Å². The third-order valence-corrected chi connectivity index (χ3v) is 6.24. The summed E-state index contributed by atoms with van der Waals surface area (Å²) in [7, 11) is 1.53. The van der Waals surface area contributed by atoms with Gasteiger partial charge >= 0.3 is 5.97 Å². The number of fused-ring (bicyclic) bond motifs is 1. The van der Waals surface area contributed by atoms with Gasteiger partial charge in [-0.1, -0.05) is 6.07 Å². The van der Waals surface area contributed by atoms with E-state index in [1.807, 2.05) is 0 Å². The molecule has 0 bridgehead atoms. The molecule has 0 radical (unpaired) electrons. The lowest BCUT2D eigenvalue weighted by Crippen LogP contribution is -2.45. The van der Waals surface area contributed by atoms with Crippen molar-refractivity contribution in [3.63, 3.8) is 0 Å². The number of methoxy groups -OCH3 is 1. The fourth-order valence-electron chi connectivity index (χ4n) is 4.42. The van der Waals surface area contributed by atoms with Crippen LogP contribution in [0.1, 0.15) is 29.3 Å². The number of rotatable bonds is 7. The second-order valence-electron chi connectivity index (χ2n) is 8.72. The molecule has 0 saturated carbocycles. The van der Waals surface area contributed by atoms with E-state index in [9.17, 15) is 19.2 Å². The molecule has 3 aromatic rings. The molecule has 1 saturated heterocycles. The van der Waals surface area contributed by atoms with Crippen LogP contribution >= 0.6 is 0 Å². The van der Waals surface area contributed by atoms with Crippen molar-refractivity contribution < 1.29 is 38.1 Å². The smallest absolute Gasteiger partial charge is 0.308 e. The Morgan fingerprint density at radius 3 is 2.32 bits per heavy atom. The van der Waals surface area contributed by atoms with Gasteiger partial charge < -0.3 is 23.8 Å². The Kier molecular flexibility index (Phi) is 6.69. The topological polar surface area (TPSA) is 112 Å². The van der Waals surface area contributed by atoms with Gasteiger partial charge in [-0.3, -0.25) is 19.2 Å². The predicted octanol–water partition coefficient (Wildman–Crippen LogP) is 3.32. The van der Waals surface area contributed by atoms with Crippen molar-refractivity contribution in [3.8, 4) is 23.0 Å². The van der Waals surface area contributed by atoms with E-state index in [2.05, 4.69) is 0 Å². The zero-order valence-electron chi connectivity index (χ0n) is 20.7. The van der Waals surface area contributed by atoms with Crippen LogP contribution in [0.5, 0.6) is 23.0 Å². The maximum Gasteiger partial charge on any atom is 0.308 e. The Labute approximate surface area is 218 Å². The van der Waals surface area contributed by atoms with Crippen molar-refractivity contribution in [1.29, 1.82) is 0 Å². The van der Waals surface area contributed by atoms with Crippen molar-refractivity contribution in [2.75, 3.05) is 18.8 Å². The summed E-state index contributed by atoms with van der Waals surface area (Å²) >= 11 is 0. The summed E-state index contributed by atoms with van der Waals surface area (Å²) in [5.74, 6) is 0.137. The lowest BCUT2D eigenvalue weighted by atomic mass is 10.1. The van der Waals surface area contributed by atoms with Gasteiger partial charge in [0.2, 0.25) is 12.7 Å². The van der Waals surface area contributed by atoms with E-state index >= 15 is 0 Å². The summed E-state index contributed by atoms with van der Waals surface area (Å²) in [5.41, 5.74) is 1.37. The van der Waals surface area contributed by atoms with E-state index in [-0.39, 0.29) is 25.5 Å². The first-order valence-corrected chi connectivity index (χ1v) is 11.8. The molecule has 3 aromatic carbocycles. The molecular formula is C28H24N2O8. The Bertz CT molecular complexity index is 1400. The standard InChI is InChI=1S/C28H24N2O8/c1-17(31)38-22-10-6-20(7-11-22)30-26(32)14-23(28(30)34)29(27(33)19-4-8-21(35-2)9-5-19)15-18-3-12-24-25(13-18)37-16-36-24/h3-13,23H,14-16H2,1-2H3. The molecule has 194 valence electrons. The van der Waals surface area contributed by atoms with Crippen LogP contribution in [-0.2, 0) is 20.9 Å². The van der Waals surface area contributed by atoms with Gasteiger partial charge in [0.15, 0.2) is 11.5 Å². The Morgan fingerprint density at radius 1 is 0.947 bits per heavy atom. The van der Waals surface area contributed by atoms with Crippen LogP contribution in [0.4, 0.5) is 5.69 Å². The lowest BCUT2D eigenvalue weighted by molar-refractivity contribution is -0.132. The molecule has 2 aliphatic heterocycles. The quantitative estimate of drug-likeness (QED) is 0.267. The van der Waals surface area contributed by atoms with Crippen molar-refractivity contribution in [1.82, 2.24) is 4.90 Å². The molecule has 2 heterocycles. The molecule has 0 aliphatic carbocycles. The number of hydrogen-bond donors (Lipinski definition) is 0. The summed E-state index contributed by atoms with van der Waals surface area (Å²) < 4.78 is 21.1. The molecule has 0 spiro atoms. The molecule has 0 N–H and O–H groups in total. The number of esters is 1. The predicted molar refractivity (Wildman–Crippen MR) is 134 cm³/mol. The highest BCUT2D eigenvalue weighted by Crippen LogP contribution is 2.34. The van der Waals surface area contributed by atoms with Crippen LogP contribution in [-0.4, -0.2) is 48.5 Å². The van der Waals surface area contributed by atoms with E-state index in [1.54, 1.807) is 42.5 Å². The summed E-state index contributed by atoms with van der Waals surface area (Å²) in [6, 6.07) is 16.8. The molecule has 2 aliphatic rings. The van der Waals surface area contributed by atoms with Gasteiger partial charge in [-0.15, -0.1) is 0 Å². The van der Waals surface area contributed by atoms with Crippen LogP contribution in [0.2, 0.25) is 0 Å². The number of carbonyl (C=O) groups excluding carboxylic acids is 4. The number of anilines is 1. The van der Waals surface area contributed by atoms with Gasteiger partial charge in [0.05, 0.1) is 19.2 Å². The summed E-state index contributed by atoms with van der Waals surface area (Å²) in [5, 5.41) is 0. The second-order valence-corrected chi connectivity index (χ2v) is 8.72.